The second-order valence-corrected chi connectivity index (χ2v) is 8.42. The Balaban J connectivity index is 1.70. The maximum Gasteiger partial charge on any atom is 0.278 e. The molecule has 0 radical (unpaired) electrons. The number of amidine groups is 1. The number of nitrogens with zero attached hydrogens (tertiary/aromatic N) is 4. The average Bonchev–Trinajstić information content (AvgIpc) is 3.26. The number of hydrogen-bond acceptors (Lipinski definition) is 6. The van der Waals surface area contributed by atoms with Gasteiger partial charge in [-0.1, -0.05) is 35.0 Å². The largest absolute Gasteiger partial charge is 0.385 e. The van der Waals surface area contributed by atoms with Gasteiger partial charge >= 0.3 is 0 Å². The molecule has 1 aromatic carbocycles. The Morgan fingerprint density at radius 3 is 2.84 bits per heavy atom. The van der Waals surface area contributed by atoms with Crippen LogP contribution in [0.15, 0.2) is 41.3 Å². The number of ether oxygens (including phenoxy) is 1. The van der Waals surface area contributed by atoms with Crippen LogP contribution in [0.5, 0.6) is 0 Å². The molecule has 0 atom stereocenters. The summed E-state index contributed by atoms with van der Waals surface area (Å²) in [5, 5.41) is 8.14. The number of nitrogens with one attached hydrogen (secondary N) is 1. The number of anilines is 1. The molecule has 0 fully saturated rings. The summed E-state index contributed by atoms with van der Waals surface area (Å²) in [6, 6.07) is 4.83. The molecule has 0 bridgehead atoms. The topological polar surface area (TPSA) is 88.8 Å². The second kappa shape index (κ2) is 10.8. The van der Waals surface area contributed by atoms with E-state index in [0.29, 0.717) is 46.2 Å². The minimum atomic E-state index is -0.272. The Kier molecular flexibility index (Phi) is 8.14. The van der Waals surface area contributed by atoms with Gasteiger partial charge in [0.25, 0.3) is 5.91 Å². The highest BCUT2D eigenvalue weighted by Gasteiger charge is 2.30. The monoisotopic (exact) mass is 481 g/mol. The fourth-order valence-corrected chi connectivity index (χ4v) is 4.07. The quantitative estimate of drug-likeness (QED) is 0.458. The molecule has 0 unspecified atom stereocenters. The lowest BCUT2D eigenvalue weighted by molar-refractivity contribution is -0.122. The highest BCUT2D eigenvalue weighted by molar-refractivity contribution is 8.14. The third kappa shape index (κ3) is 6.33. The molecular weight excluding hydrogens is 461 g/mol. The highest BCUT2D eigenvalue weighted by Crippen LogP contribution is 2.27. The van der Waals surface area contributed by atoms with Crippen LogP contribution in [0.3, 0.4) is 0 Å². The summed E-state index contributed by atoms with van der Waals surface area (Å²) >= 11 is 13.2. The first-order chi connectivity index (χ1) is 14.9. The number of aliphatic imine (C=N–C) groups is 1. The van der Waals surface area contributed by atoms with Crippen LogP contribution >= 0.6 is 35.0 Å². The molecule has 0 saturated heterocycles. The lowest BCUT2D eigenvalue weighted by Crippen LogP contribution is -2.32. The van der Waals surface area contributed by atoms with Crippen LogP contribution in [-0.4, -0.2) is 57.7 Å². The Labute approximate surface area is 194 Å². The Morgan fingerprint density at radius 2 is 2.16 bits per heavy atom. The van der Waals surface area contributed by atoms with Crippen molar-refractivity contribution in [3.8, 4) is 0 Å². The maximum atomic E-state index is 12.9. The molecule has 0 saturated carbocycles. The number of thioether (sulfide) groups is 1. The number of rotatable bonds is 8. The van der Waals surface area contributed by atoms with Crippen LogP contribution in [0.4, 0.5) is 5.69 Å². The van der Waals surface area contributed by atoms with Crippen molar-refractivity contribution in [3.05, 3.63) is 51.9 Å². The molecule has 2 aromatic rings. The van der Waals surface area contributed by atoms with Gasteiger partial charge < -0.3 is 10.1 Å². The number of aromatic nitrogens is 2. The lowest BCUT2D eigenvalue weighted by atomic mass is 10.2. The van der Waals surface area contributed by atoms with Crippen molar-refractivity contribution in [1.82, 2.24) is 14.7 Å². The van der Waals surface area contributed by atoms with E-state index >= 15 is 0 Å². The summed E-state index contributed by atoms with van der Waals surface area (Å²) in [4.78, 5) is 31.3. The third-order valence-corrected chi connectivity index (χ3v) is 5.73. The minimum absolute atomic E-state index is 0.0615. The molecule has 164 valence electrons. The molecule has 1 aromatic heterocycles. The molecule has 0 spiro atoms. The number of carbonyl (C=O) groups excluding carboxylic acids is 2. The first-order valence-corrected chi connectivity index (χ1v) is 11.1. The Bertz CT molecular complexity index is 1040. The third-order valence-electron chi connectivity index (χ3n) is 4.21. The Morgan fingerprint density at radius 1 is 1.35 bits per heavy atom. The van der Waals surface area contributed by atoms with Crippen molar-refractivity contribution in [2.75, 3.05) is 31.3 Å². The molecule has 11 heteroatoms. The van der Waals surface area contributed by atoms with E-state index in [9.17, 15) is 9.59 Å². The van der Waals surface area contributed by atoms with Gasteiger partial charge in [-0.2, -0.15) is 5.10 Å². The van der Waals surface area contributed by atoms with Gasteiger partial charge in [0.1, 0.15) is 5.70 Å². The molecule has 8 nitrogen and oxygen atoms in total. The maximum absolute atomic E-state index is 12.9. The predicted molar refractivity (Wildman–Crippen MR) is 124 cm³/mol. The van der Waals surface area contributed by atoms with Crippen LogP contribution in [0.1, 0.15) is 12.0 Å². The van der Waals surface area contributed by atoms with Gasteiger partial charge in [0.2, 0.25) is 5.91 Å². The van der Waals surface area contributed by atoms with Gasteiger partial charge in [-0.3, -0.25) is 19.2 Å². The second-order valence-electron chi connectivity index (χ2n) is 6.64. The summed E-state index contributed by atoms with van der Waals surface area (Å²) < 4.78 is 6.73. The van der Waals surface area contributed by atoms with E-state index in [1.807, 2.05) is 0 Å². The van der Waals surface area contributed by atoms with Gasteiger partial charge in [-0.25, -0.2) is 4.99 Å². The van der Waals surface area contributed by atoms with Crippen molar-refractivity contribution >= 4 is 63.7 Å². The fraction of sp³-hybridized carbons (Fsp3) is 0.300. The van der Waals surface area contributed by atoms with Crippen molar-refractivity contribution in [3.63, 3.8) is 0 Å². The van der Waals surface area contributed by atoms with Gasteiger partial charge in [0, 0.05) is 44.1 Å². The summed E-state index contributed by atoms with van der Waals surface area (Å²) in [7, 11) is 3.40. The number of aryl methyl sites for hydroxylation is 1. The number of benzene rings is 1. The van der Waals surface area contributed by atoms with Gasteiger partial charge in [0.15, 0.2) is 5.17 Å². The summed E-state index contributed by atoms with van der Waals surface area (Å²) in [5.41, 5.74) is 1.54. The molecule has 1 N–H and O–H groups in total. The van der Waals surface area contributed by atoms with Crippen LogP contribution in [0.25, 0.3) is 6.08 Å². The molecule has 2 amide bonds. The molecule has 31 heavy (non-hydrogen) atoms. The van der Waals surface area contributed by atoms with E-state index in [2.05, 4.69) is 15.4 Å². The van der Waals surface area contributed by atoms with Crippen LogP contribution < -0.4 is 5.32 Å². The number of amides is 2. The zero-order valence-corrected chi connectivity index (χ0v) is 19.3. The lowest BCUT2D eigenvalue weighted by Gasteiger charge is -2.17. The summed E-state index contributed by atoms with van der Waals surface area (Å²) in [6.45, 7) is 0.951. The van der Waals surface area contributed by atoms with Crippen molar-refractivity contribution in [2.45, 2.75) is 6.42 Å². The van der Waals surface area contributed by atoms with Gasteiger partial charge in [-0.15, -0.1) is 0 Å². The molecular formula is C20H21Cl2N5O3S. The Hall–Kier alpha value is -2.33. The minimum Gasteiger partial charge on any atom is -0.385 e. The first kappa shape index (κ1) is 23.3. The predicted octanol–water partition coefficient (Wildman–Crippen LogP) is 3.67. The van der Waals surface area contributed by atoms with Crippen molar-refractivity contribution in [2.24, 2.45) is 12.0 Å². The summed E-state index contributed by atoms with van der Waals surface area (Å²) in [6.07, 6.45) is 5.77. The van der Waals surface area contributed by atoms with E-state index in [1.54, 1.807) is 60.4 Å². The van der Waals surface area contributed by atoms with E-state index in [1.165, 1.54) is 11.8 Å². The number of hydrogen-bond donors (Lipinski definition) is 1. The molecule has 3 rings (SSSR count). The SMILES string of the molecule is COCCCN1C(=O)C(=Cc2cnn(C)c2)N=C1SCC(=O)Nc1ccc(Cl)cc1Cl. The molecule has 1 aliphatic heterocycles. The number of carbonyl (C=O) groups is 2. The van der Waals surface area contributed by atoms with Crippen LogP contribution in [0.2, 0.25) is 10.0 Å². The smallest absolute Gasteiger partial charge is 0.278 e. The normalized spacial score (nSPS) is 15.0. The molecule has 2 heterocycles. The van der Waals surface area contributed by atoms with Crippen LogP contribution in [-0.2, 0) is 21.4 Å². The summed E-state index contributed by atoms with van der Waals surface area (Å²) in [5.74, 6) is -0.430. The van der Waals surface area contributed by atoms with E-state index in [0.717, 1.165) is 5.56 Å². The molecule has 0 aliphatic carbocycles. The zero-order chi connectivity index (χ0) is 22.4. The zero-order valence-electron chi connectivity index (χ0n) is 17.0. The number of halogens is 2. The number of methoxy groups -OCH3 is 1. The van der Waals surface area contributed by atoms with E-state index in [4.69, 9.17) is 27.9 Å². The van der Waals surface area contributed by atoms with Crippen molar-refractivity contribution in [1.29, 1.82) is 0 Å². The van der Waals surface area contributed by atoms with E-state index in [-0.39, 0.29) is 17.6 Å². The fourth-order valence-electron chi connectivity index (χ4n) is 2.78. The van der Waals surface area contributed by atoms with Crippen molar-refractivity contribution < 1.29 is 14.3 Å². The van der Waals surface area contributed by atoms with Gasteiger partial charge in [-0.05, 0) is 30.7 Å². The average molecular weight is 482 g/mol. The van der Waals surface area contributed by atoms with Crippen LogP contribution in [0, 0.1) is 0 Å². The molecule has 1 aliphatic rings. The first-order valence-electron chi connectivity index (χ1n) is 9.35. The van der Waals surface area contributed by atoms with Gasteiger partial charge in [0.05, 0.1) is 22.7 Å². The highest BCUT2D eigenvalue weighted by atomic mass is 35.5. The standard InChI is InChI=1S/C20H21Cl2N5O3S/c1-26-11-13(10-23-26)8-17-19(29)27(6-3-7-30-2)20(25-17)31-12-18(28)24-16-5-4-14(21)9-15(16)22/h4-5,8-11H,3,6-7,12H2,1-2H3,(H,24,28). The van der Waals surface area contributed by atoms with E-state index < -0.39 is 0 Å².